The van der Waals surface area contributed by atoms with Gasteiger partial charge in [0.1, 0.15) is 5.52 Å². The number of hydrogen-bond acceptors (Lipinski definition) is 7. The number of benzene rings is 1. The first kappa shape index (κ1) is 24.3. The average molecular weight is 500 g/mol. The summed E-state index contributed by atoms with van der Waals surface area (Å²) >= 11 is 0. The van der Waals surface area contributed by atoms with Gasteiger partial charge in [0.15, 0.2) is 5.65 Å². The van der Waals surface area contributed by atoms with Crippen molar-refractivity contribution < 1.29 is 17.9 Å². The largest absolute Gasteiger partial charge is 0.416 e. The smallest absolute Gasteiger partial charge is 0.381 e. The molecule has 36 heavy (non-hydrogen) atoms. The second-order valence-corrected chi connectivity index (χ2v) is 9.84. The Balaban J connectivity index is 1.49. The zero-order valence-electron chi connectivity index (χ0n) is 20.0. The summed E-state index contributed by atoms with van der Waals surface area (Å²) in [6.07, 6.45) is 2.07. The SMILES string of the molecule is CC1(Nc2ncc3nc(Nc4ccc(C(F)(F)F)cc4)n(C4CCC(C#N)CC4)c3n2)CCOCC1. The molecule has 3 aromatic rings. The van der Waals surface area contributed by atoms with E-state index < -0.39 is 11.7 Å². The fraction of sp³-hybridized carbons (Fsp3) is 0.520. The number of halogens is 3. The lowest BCUT2D eigenvalue weighted by atomic mass is 9.87. The molecule has 11 heteroatoms. The predicted molar refractivity (Wildman–Crippen MR) is 129 cm³/mol. The highest BCUT2D eigenvalue weighted by Crippen LogP contribution is 2.37. The maximum atomic E-state index is 13.0. The molecule has 190 valence electrons. The first-order valence-electron chi connectivity index (χ1n) is 12.2. The van der Waals surface area contributed by atoms with Gasteiger partial charge in [0.2, 0.25) is 11.9 Å². The lowest BCUT2D eigenvalue weighted by Crippen LogP contribution is -2.41. The number of ether oxygens (including phenoxy) is 1. The van der Waals surface area contributed by atoms with Crippen LogP contribution in [0.15, 0.2) is 30.5 Å². The van der Waals surface area contributed by atoms with Crippen LogP contribution in [0.1, 0.15) is 57.1 Å². The zero-order chi connectivity index (χ0) is 25.3. The first-order valence-corrected chi connectivity index (χ1v) is 12.2. The molecule has 2 fully saturated rings. The van der Waals surface area contributed by atoms with E-state index in [9.17, 15) is 18.4 Å². The van der Waals surface area contributed by atoms with E-state index in [2.05, 4.69) is 28.6 Å². The lowest BCUT2D eigenvalue weighted by molar-refractivity contribution is -0.137. The quantitative estimate of drug-likeness (QED) is 0.456. The number of aromatic nitrogens is 4. The van der Waals surface area contributed by atoms with Crippen LogP contribution in [0.3, 0.4) is 0 Å². The van der Waals surface area contributed by atoms with E-state index in [4.69, 9.17) is 14.7 Å². The van der Waals surface area contributed by atoms with Gasteiger partial charge in [-0.1, -0.05) is 0 Å². The van der Waals surface area contributed by atoms with Crippen molar-refractivity contribution in [3.63, 3.8) is 0 Å². The van der Waals surface area contributed by atoms with Crippen molar-refractivity contribution in [2.75, 3.05) is 23.8 Å². The number of alkyl halides is 3. The molecule has 1 saturated carbocycles. The Morgan fingerprint density at radius 2 is 1.78 bits per heavy atom. The minimum absolute atomic E-state index is 0.0303. The number of hydrogen-bond donors (Lipinski definition) is 2. The van der Waals surface area contributed by atoms with Gasteiger partial charge in [-0.05, 0) is 69.7 Å². The minimum Gasteiger partial charge on any atom is -0.381 e. The first-order chi connectivity index (χ1) is 17.2. The molecule has 0 spiro atoms. The highest BCUT2D eigenvalue weighted by molar-refractivity contribution is 5.76. The average Bonchev–Trinajstić information content (AvgIpc) is 3.21. The summed E-state index contributed by atoms with van der Waals surface area (Å²) in [6.45, 7) is 3.47. The molecular weight excluding hydrogens is 471 g/mol. The molecule has 2 aromatic heterocycles. The van der Waals surface area contributed by atoms with Gasteiger partial charge in [0.25, 0.3) is 0 Å². The molecule has 0 amide bonds. The molecular formula is C25H28F3N7O. The van der Waals surface area contributed by atoms with E-state index in [1.54, 1.807) is 6.20 Å². The number of fused-ring (bicyclic) bond motifs is 1. The van der Waals surface area contributed by atoms with Gasteiger partial charge in [0.05, 0.1) is 17.8 Å². The molecule has 1 aliphatic carbocycles. The third kappa shape index (κ3) is 5.09. The van der Waals surface area contributed by atoms with Crippen LogP contribution in [0.2, 0.25) is 0 Å². The molecule has 1 saturated heterocycles. The van der Waals surface area contributed by atoms with Crippen molar-refractivity contribution in [2.45, 2.75) is 63.2 Å². The monoisotopic (exact) mass is 499 g/mol. The fourth-order valence-electron chi connectivity index (χ4n) is 4.94. The fourth-order valence-corrected chi connectivity index (χ4v) is 4.94. The predicted octanol–water partition coefficient (Wildman–Crippen LogP) is 5.82. The molecule has 0 bridgehead atoms. The molecule has 1 aromatic carbocycles. The van der Waals surface area contributed by atoms with Crippen molar-refractivity contribution in [1.82, 2.24) is 19.5 Å². The Kier molecular flexibility index (Phi) is 6.47. The molecule has 0 atom stereocenters. The van der Waals surface area contributed by atoms with Crippen LogP contribution in [-0.2, 0) is 10.9 Å². The number of nitrogens with one attached hydrogen (secondary N) is 2. The Bertz CT molecular complexity index is 1250. The standard InChI is InChI=1S/C25H28F3N7O/c1-24(10-12-36-13-11-24)34-22-30-15-20-21(33-22)35(19-8-2-16(14-29)3-9-19)23(32-20)31-18-6-4-17(5-7-18)25(26,27)28/h4-7,15-16,19H,2-3,8-13H2,1H3,(H,31,32)(H,30,33,34). The van der Waals surface area contributed by atoms with Crippen LogP contribution >= 0.6 is 0 Å². The van der Waals surface area contributed by atoms with Crippen LogP contribution in [0.4, 0.5) is 30.8 Å². The molecule has 8 nitrogen and oxygen atoms in total. The van der Waals surface area contributed by atoms with E-state index >= 15 is 0 Å². The van der Waals surface area contributed by atoms with Gasteiger partial charge in [-0.2, -0.15) is 23.4 Å². The van der Waals surface area contributed by atoms with E-state index in [0.717, 1.165) is 50.7 Å². The lowest BCUT2D eigenvalue weighted by Gasteiger charge is -2.34. The molecule has 0 radical (unpaired) electrons. The van der Waals surface area contributed by atoms with Crippen molar-refractivity contribution in [1.29, 1.82) is 5.26 Å². The van der Waals surface area contributed by atoms with E-state index in [-0.39, 0.29) is 17.5 Å². The third-order valence-electron chi connectivity index (χ3n) is 7.16. The normalized spacial score (nSPS) is 22.2. The third-order valence-corrected chi connectivity index (χ3v) is 7.16. The highest BCUT2D eigenvalue weighted by atomic mass is 19.4. The van der Waals surface area contributed by atoms with E-state index in [1.807, 2.05) is 4.57 Å². The summed E-state index contributed by atoms with van der Waals surface area (Å²) in [4.78, 5) is 14.0. The topological polar surface area (TPSA) is 101 Å². The summed E-state index contributed by atoms with van der Waals surface area (Å²) in [5.41, 5.74) is 0.849. The van der Waals surface area contributed by atoms with Crippen LogP contribution in [-0.4, -0.2) is 38.3 Å². The Morgan fingerprint density at radius 3 is 2.42 bits per heavy atom. The number of anilines is 3. The molecule has 2 aliphatic rings. The summed E-state index contributed by atoms with van der Waals surface area (Å²) in [5.74, 6) is 1.02. The number of rotatable bonds is 5. The van der Waals surface area contributed by atoms with Crippen LogP contribution < -0.4 is 10.6 Å². The van der Waals surface area contributed by atoms with Gasteiger partial charge >= 0.3 is 6.18 Å². The second kappa shape index (κ2) is 9.58. The van der Waals surface area contributed by atoms with E-state index in [0.29, 0.717) is 42.0 Å². The van der Waals surface area contributed by atoms with Crippen LogP contribution in [0, 0.1) is 17.2 Å². The van der Waals surface area contributed by atoms with Gasteiger partial charge in [-0.25, -0.2) is 9.97 Å². The van der Waals surface area contributed by atoms with Crippen LogP contribution in [0.5, 0.6) is 0 Å². The molecule has 5 rings (SSSR count). The zero-order valence-corrected chi connectivity index (χ0v) is 20.0. The van der Waals surface area contributed by atoms with Crippen molar-refractivity contribution in [3.8, 4) is 6.07 Å². The summed E-state index contributed by atoms with van der Waals surface area (Å²) in [7, 11) is 0. The Labute approximate surface area is 206 Å². The summed E-state index contributed by atoms with van der Waals surface area (Å²) < 4.78 is 46.5. The summed E-state index contributed by atoms with van der Waals surface area (Å²) in [6, 6.07) is 7.29. The molecule has 2 N–H and O–H groups in total. The van der Waals surface area contributed by atoms with Gasteiger partial charge in [0, 0.05) is 36.4 Å². The maximum absolute atomic E-state index is 13.0. The minimum atomic E-state index is -4.40. The van der Waals surface area contributed by atoms with Gasteiger partial charge in [-0.3, -0.25) is 4.57 Å². The maximum Gasteiger partial charge on any atom is 0.416 e. The van der Waals surface area contributed by atoms with Crippen molar-refractivity contribution in [3.05, 3.63) is 36.0 Å². The Morgan fingerprint density at radius 1 is 1.08 bits per heavy atom. The van der Waals surface area contributed by atoms with Crippen molar-refractivity contribution in [2.24, 2.45) is 5.92 Å². The summed E-state index contributed by atoms with van der Waals surface area (Å²) in [5, 5.41) is 16.0. The van der Waals surface area contributed by atoms with Crippen molar-refractivity contribution >= 4 is 28.7 Å². The van der Waals surface area contributed by atoms with Gasteiger partial charge < -0.3 is 15.4 Å². The molecule has 0 unspecified atom stereocenters. The number of nitrogens with zero attached hydrogens (tertiary/aromatic N) is 5. The number of nitriles is 1. The second-order valence-electron chi connectivity index (χ2n) is 9.84. The van der Waals surface area contributed by atoms with Gasteiger partial charge in [-0.15, -0.1) is 0 Å². The number of imidazole rings is 1. The van der Waals surface area contributed by atoms with E-state index in [1.165, 1.54) is 12.1 Å². The highest BCUT2D eigenvalue weighted by Gasteiger charge is 2.31. The molecule has 1 aliphatic heterocycles. The molecule has 3 heterocycles. The van der Waals surface area contributed by atoms with Crippen LogP contribution in [0.25, 0.3) is 11.2 Å². The Hall–Kier alpha value is -3.39.